The summed E-state index contributed by atoms with van der Waals surface area (Å²) in [7, 11) is 3.67. The SMILES string of the molecule is COc1ccc(Cl)cc1NC(=O)CC[C@H]1CCCN(Cc2nc3ccccc3n2C)C1. The molecular weight excluding hydrogens is 412 g/mol. The average molecular weight is 441 g/mol. The highest BCUT2D eigenvalue weighted by molar-refractivity contribution is 6.31. The lowest BCUT2D eigenvalue weighted by atomic mass is 9.93. The molecule has 2 heterocycles. The molecule has 6 nitrogen and oxygen atoms in total. The molecule has 0 spiro atoms. The highest BCUT2D eigenvalue weighted by Gasteiger charge is 2.22. The number of rotatable bonds is 7. The molecule has 1 N–H and O–H groups in total. The Morgan fingerprint density at radius 1 is 1.29 bits per heavy atom. The largest absolute Gasteiger partial charge is 0.495 e. The first kappa shape index (κ1) is 21.7. The van der Waals surface area contributed by atoms with E-state index >= 15 is 0 Å². The molecule has 1 aliphatic heterocycles. The minimum Gasteiger partial charge on any atom is -0.495 e. The number of nitrogens with one attached hydrogen (secondary N) is 1. The molecule has 1 amide bonds. The maximum Gasteiger partial charge on any atom is 0.224 e. The third kappa shape index (κ3) is 5.20. The van der Waals surface area contributed by atoms with E-state index < -0.39 is 0 Å². The van der Waals surface area contributed by atoms with E-state index in [4.69, 9.17) is 21.3 Å². The van der Waals surface area contributed by atoms with Crippen LogP contribution in [-0.2, 0) is 18.4 Å². The van der Waals surface area contributed by atoms with E-state index in [0.29, 0.717) is 28.8 Å². The molecule has 4 rings (SSSR count). The number of amides is 1. The van der Waals surface area contributed by atoms with Crippen molar-refractivity contribution in [3.8, 4) is 5.75 Å². The molecule has 0 unspecified atom stereocenters. The van der Waals surface area contributed by atoms with Gasteiger partial charge in [0.15, 0.2) is 0 Å². The molecule has 31 heavy (non-hydrogen) atoms. The number of methoxy groups -OCH3 is 1. The van der Waals surface area contributed by atoms with Gasteiger partial charge in [-0.1, -0.05) is 23.7 Å². The zero-order chi connectivity index (χ0) is 21.8. The number of piperidine rings is 1. The van der Waals surface area contributed by atoms with Crippen molar-refractivity contribution in [2.75, 3.05) is 25.5 Å². The van der Waals surface area contributed by atoms with Crippen LogP contribution >= 0.6 is 11.6 Å². The number of ether oxygens (including phenoxy) is 1. The molecule has 1 aliphatic rings. The lowest BCUT2D eigenvalue weighted by molar-refractivity contribution is -0.116. The topological polar surface area (TPSA) is 59.4 Å². The molecule has 1 fully saturated rings. The molecule has 0 radical (unpaired) electrons. The first-order chi connectivity index (χ1) is 15.0. The number of anilines is 1. The maximum absolute atomic E-state index is 12.5. The van der Waals surface area contributed by atoms with E-state index in [1.807, 2.05) is 6.07 Å². The zero-order valence-corrected chi connectivity index (χ0v) is 18.9. The van der Waals surface area contributed by atoms with Gasteiger partial charge in [0.05, 0.1) is 30.4 Å². The summed E-state index contributed by atoms with van der Waals surface area (Å²) < 4.78 is 7.50. The number of benzene rings is 2. The van der Waals surface area contributed by atoms with Crippen LogP contribution < -0.4 is 10.1 Å². The summed E-state index contributed by atoms with van der Waals surface area (Å²) in [4.78, 5) is 19.8. The van der Waals surface area contributed by atoms with Gasteiger partial charge in [-0.15, -0.1) is 0 Å². The minimum atomic E-state index is -0.00644. The second-order valence-corrected chi connectivity index (χ2v) is 8.69. The Hall–Kier alpha value is -2.57. The van der Waals surface area contributed by atoms with E-state index in [1.54, 1.807) is 25.3 Å². The number of hydrogen-bond donors (Lipinski definition) is 1. The van der Waals surface area contributed by atoms with Crippen LogP contribution in [0.5, 0.6) is 5.75 Å². The van der Waals surface area contributed by atoms with Crippen molar-refractivity contribution >= 4 is 34.2 Å². The quantitative estimate of drug-likeness (QED) is 0.569. The fourth-order valence-corrected chi connectivity index (χ4v) is 4.57. The van der Waals surface area contributed by atoms with Crippen LogP contribution in [0.1, 0.15) is 31.5 Å². The van der Waals surface area contributed by atoms with Crippen LogP contribution in [0.25, 0.3) is 11.0 Å². The molecule has 0 saturated carbocycles. The Balaban J connectivity index is 1.31. The van der Waals surface area contributed by atoms with Gasteiger partial charge in [-0.2, -0.15) is 0 Å². The van der Waals surface area contributed by atoms with E-state index in [2.05, 4.69) is 40.0 Å². The van der Waals surface area contributed by atoms with Crippen molar-refractivity contribution in [2.24, 2.45) is 13.0 Å². The Morgan fingerprint density at radius 3 is 2.94 bits per heavy atom. The molecule has 2 aromatic carbocycles. The van der Waals surface area contributed by atoms with E-state index in [9.17, 15) is 4.79 Å². The summed E-state index contributed by atoms with van der Waals surface area (Å²) in [5, 5.41) is 3.51. The number of hydrogen-bond acceptors (Lipinski definition) is 4. The monoisotopic (exact) mass is 440 g/mol. The lowest BCUT2D eigenvalue weighted by Crippen LogP contribution is -2.36. The van der Waals surface area contributed by atoms with Crippen LogP contribution in [0.4, 0.5) is 5.69 Å². The third-order valence-corrected chi connectivity index (χ3v) is 6.30. The fraction of sp³-hybridized carbons (Fsp3) is 0.417. The number of nitrogens with zero attached hydrogens (tertiary/aromatic N) is 3. The summed E-state index contributed by atoms with van der Waals surface area (Å²) in [5.41, 5.74) is 2.83. The molecule has 1 atom stereocenters. The molecule has 1 aromatic heterocycles. The highest BCUT2D eigenvalue weighted by Crippen LogP contribution is 2.28. The van der Waals surface area contributed by atoms with Crippen LogP contribution in [0.2, 0.25) is 5.02 Å². The van der Waals surface area contributed by atoms with Crippen molar-refractivity contribution in [3.63, 3.8) is 0 Å². The Labute approximate surface area is 188 Å². The Kier molecular flexibility index (Phi) is 6.78. The summed E-state index contributed by atoms with van der Waals surface area (Å²) in [5.74, 6) is 2.21. The van der Waals surface area contributed by atoms with Crippen LogP contribution in [0.15, 0.2) is 42.5 Å². The predicted molar refractivity (Wildman–Crippen MR) is 125 cm³/mol. The number of aromatic nitrogens is 2. The Bertz CT molecular complexity index is 1060. The number of para-hydroxylation sites is 2. The number of likely N-dealkylation sites (tertiary alicyclic amines) is 1. The molecule has 164 valence electrons. The normalized spacial score (nSPS) is 17.1. The number of fused-ring (bicyclic) bond motifs is 1. The van der Waals surface area contributed by atoms with Crippen molar-refractivity contribution < 1.29 is 9.53 Å². The summed E-state index contributed by atoms with van der Waals surface area (Å²) >= 11 is 6.06. The van der Waals surface area contributed by atoms with E-state index in [1.165, 1.54) is 5.52 Å². The van der Waals surface area contributed by atoms with Gasteiger partial charge >= 0.3 is 0 Å². The molecule has 0 bridgehead atoms. The second kappa shape index (κ2) is 9.71. The van der Waals surface area contributed by atoms with Crippen molar-refractivity contribution in [1.29, 1.82) is 0 Å². The summed E-state index contributed by atoms with van der Waals surface area (Å²) in [6.07, 6.45) is 3.67. The van der Waals surface area contributed by atoms with Gasteiger partial charge in [0.1, 0.15) is 11.6 Å². The predicted octanol–water partition coefficient (Wildman–Crippen LogP) is 4.87. The third-order valence-electron chi connectivity index (χ3n) is 6.06. The van der Waals surface area contributed by atoms with Gasteiger partial charge < -0.3 is 14.6 Å². The standard InChI is InChI=1S/C24H29ClN4O2/c1-28-21-8-4-3-7-19(21)26-23(28)16-29-13-5-6-17(15-29)9-12-24(30)27-20-14-18(25)10-11-22(20)31-2/h3-4,7-8,10-11,14,17H,5-6,9,12-13,15-16H2,1-2H3,(H,27,30)/t17-/m1/s1. The number of carbonyl (C=O) groups excluding carboxylic acids is 1. The second-order valence-electron chi connectivity index (χ2n) is 8.25. The molecule has 0 aliphatic carbocycles. The fourth-order valence-electron chi connectivity index (χ4n) is 4.39. The molecule has 1 saturated heterocycles. The smallest absolute Gasteiger partial charge is 0.224 e. The first-order valence-corrected chi connectivity index (χ1v) is 11.2. The molecule has 7 heteroatoms. The van der Waals surface area contributed by atoms with Gasteiger partial charge in [0.2, 0.25) is 5.91 Å². The maximum atomic E-state index is 12.5. The highest BCUT2D eigenvalue weighted by atomic mass is 35.5. The van der Waals surface area contributed by atoms with Crippen molar-refractivity contribution in [3.05, 3.63) is 53.3 Å². The Morgan fingerprint density at radius 2 is 2.13 bits per heavy atom. The van der Waals surface area contributed by atoms with Crippen molar-refractivity contribution in [1.82, 2.24) is 14.5 Å². The van der Waals surface area contributed by atoms with Gasteiger partial charge in [-0.05, 0) is 62.1 Å². The lowest BCUT2D eigenvalue weighted by Gasteiger charge is -2.32. The first-order valence-electron chi connectivity index (χ1n) is 10.8. The summed E-state index contributed by atoms with van der Waals surface area (Å²) in [6.45, 7) is 2.91. The van der Waals surface area contributed by atoms with Gasteiger partial charge in [0.25, 0.3) is 0 Å². The minimum absolute atomic E-state index is 0.00644. The van der Waals surface area contributed by atoms with Crippen LogP contribution in [0, 0.1) is 5.92 Å². The summed E-state index contributed by atoms with van der Waals surface area (Å²) in [6, 6.07) is 13.5. The number of imidazole rings is 1. The van der Waals surface area contributed by atoms with Crippen molar-refractivity contribution in [2.45, 2.75) is 32.2 Å². The zero-order valence-electron chi connectivity index (χ0n) is 18.1. The molecule has 3 aromatic rings. The number of aryl methyl sites for hydroxylation is 1. The molecular formula is C24H29ClN4O2. The average Bonchev–Trinajstić information content (AvgIpc) is 3.08. The van der Waals surface area contributed by atoms with E-state index in [-0.39, 0.29) is 5.91 Å². The van der Waals surface area contributed by atoms with Gasteiger partial charge in [-0.3, -0.25) is 9.69 Å². The number of carbonyl (C=O) groups is 1. The van der Waals surface area contributed by atoms with Gasteiger partial charge in [-0.25, -0.2) is 4.98 Å². The van der Waals surface area contributed by atoms with Crippen LogP contribution in [-0.4, -0.2) is 40.6 Å². The van der Waals surface area contributed by atoms with Crippen LogP contribution in [0.3, 0.4) is 0 Å². The van der Waals surface area contributed by atoms with Gasteiger partial charge in [0, 0.05) is 25.0 Å². The van der Waals surface area contributed by atoms with E-state index in [0.717, 1.165) is 50.2 Å². The number of halogens is 1.